The second-order valence-corrected chi connectivity index (χ2v) is 4.50. The number of carbonyl (C=O) groups is 1. The molecular weight excluding hydrogens is 260 g/mol. The van der Waals surface area contributed by atoms with E-state index in [4.69, 9.17) is 9.52 Å². The minimum atomic E-state index is -0.984. The Bertz CT molecular complexity index is 784. The van der Waals surface area contributed by atoms with Gasteiger partial charge >= 0.3 is 5.97 Å². The van der Waals surface area contributed by atoms with E-state index in [-0.39, 0.29) is 5.56 Å². The summed E-state index contributed by atoms with van der Waals surface area (Å²) in [5.41, 5.74) is 2.30. The van der Waals surface area contributed by atoms with Crippen LogP contribution in [0.3, 0.4) is 0 Å². The molecule has 102 valence electrons. The molecule has 0 bridgehead atoms. The summed E-state index contributed by atoms with van der Waals surface area (Å²) >= 11 is 0. The molecule has 20 heavy (non-hydrogen) atoms. The fourth-order valence-electron chi connectivity index (χ4n) is 1.95. The quantitative estimate of drug-likeness (QED) is 0.781. The number of benzene rings is 1. The number of aromatic carboxylic acids is 1. The smallest absolute Gasteiger partial charge is 0.335 e. The van der Waals surface area contributed by atoms with E-state index >= 15 is 0 Å². The molecule has 0 aliphatic heterocycles. The Morgan fingerprint density at radius 1 is 1.40 bits per heavy atom. The monoisotopic (exact) mass is 272 g/mol. The van der Waals surface area contributed by atoms with E-state index < -0.39 is 5.97 Å². The van der Waals surface area contributed by atoms with Crippen LogP contribution < -0.4 is 0 Å². The number of hydrogen-bond acceptors (Lipinski definition) is 5. The molecule has 0 fully saturated rings. The van der Waals surface area contributed by atoms with Crippen LogP contribution in [0.2, 0.25) is 0 Å². The van der Waals surface area contributed by atoms with Gasteiger partial charge < -0.3 is 9.52 Å². The summed E-state index contributed by atoms with van der Waals surface area (Å²) in [6.45, 7) is 4.02. The van der Waals surface area contributed by atoms with Gasteiger partial charge in [0.15, 0.2) is 0 Å². The summed E-state index contributed by atoms with van der Waals surface area (Å²) in [6, 6.07) is 4.68. The van der Waals surface area contributed by atoms with Gasteiger partial charge in [-0.05, 0) is 32.0 Å². The van der Waals surface area contributed by atoms with Gasteiger partial charge in [-0.15, -0.1) is 5.10 Å². The number of oxazole rings is 1. The molecular formula is C13H12N4O3. The highest BCUT2D eigenvalue weighted by Gasteiger charge is 2.12. The molecule has 0 saturated carbocycles. The molecule has 1 aromatic carbocycles. The van der Waals surface area contributed by atoms with Crippen molar-refractivity contribution in [2.75, 3.05) is 0 Å². The van der Waals surface area contributed by atoms with Crippen molar-refractivity contribution in [3.8, 4) is 0 Å². The van der Waals surface area contributed by atoms with Crippen molar-refractivity contribution < 1.29 is 14.3 Å². The lowest BCUT2D eigenvalue weighted by atomic mass is 10.2. The predicted molar refractivity (Wildman–Crippen MR) is 69.6 cm³/mol. The second-order valence-electron chi connectivity index (χ2n) is 4.50. The molecule has 0 amide bonds. The molecule has 7 heteroatoms. The number of fused-ring (bicyclic) bond motifs is 1. The van der Waals surface area contributed by atoms with Gasteiger partial charge in [-0.3, -0.25) is 0 Å². The van der Waals surface area contributed by atoms with Gasteiger partial charge in [0.1, 0.15) is 17.8 Å². The zero-order chi connectivity index (χ0) is 14.3. The van der Waals surface area contributed by atoms with E-state index in [2.05, 4.69) is 15.3 Å². The van der Waals surface area contributed by atoms with Crippen LogP contribution in [0, 0.1) is 13.8 Å². The highest BCUT2D eigenvalue weighted by molar-refractivity contribution is 5.92. The third-order valence-corrected chi connectivity index (χ3v) is 3.12. The Morgan fingerprint density at radius 2 is 2.20 bits per heavy atom. The Hall–Kier alpha value is -2.70. The lowest BCUT2D eigenvalue weighted by Crippen LogP contribution is -2.03. The largest absolute Gasteiger partial charge is 0.478 e. The van der Waals surface area contributed by atoms with Gasteiger partial charge in [-0.2, -0.15) is 0 Å². The first-order valence-corrected chi connectivity index (χ1v) is 6.04. The molecule has 2 aromatic heterocycles. The lowest BCUT2D eigenvalue weighted by molar-refractivity contribution is 0.0697. The van der Waals surface area contributed by atoms with Crippen molar-refractivity contribution >= 4 is 17.0 Å². The highest BCUT2D eigenvalue weighted by Crippen LogP contribution is 2.16. The highest BCUT2D eigenvalue weighted by atomic mass is 16.4. The topological polar surface area (TPSA) is 94.0 Å². The van der Waals surface area contributed by atoms with Crippen molar-refractivity contribution in [3.05, 3.63) is 41.1 Å². The first kappa shape index (κ1) is 12.3. The number of carboxylic acids is 1. The maximum absolute atomic E-state index is 11.0. The van der Waals surface area contributed by atoms with Gasteiger partial charge in [0.05, 0.1) is 16.8 Å². The second kappa shape index (κ2) is 4.44. The zero-order valence-corrected chi connectivity index (χ0v) is 11.0. The van der Waals surface area contributed by atoms with Crippen LogP contribution >= 0.6 is 0 Å². The van der Waals surface area contributed by atoms with Crippen LogP contribution in [0.25, 0.3) is 11.0 Å². The summed E-state index contributed by atoms with van der Waals surface area (Å²) in [5, 5.41) is 17.0. The molecule has 0 aliphatic carbocycles. The molecule has 2 heterocycles. The normalized spacial score (nSPS) is 11.1. The van der Waals surface area contributed by atoms with Crippen LogP contribution in [0.1, 0.15) is 27.7 Å². The summed E-state index contributed by atoms with van der Waals surface area (Å²) in [4.78, 5) is 15.3. The van der Waals surface area contributed by atoms with E-state index in [0.717, 1.165) is 11.5 Å². The molecule has 3 rings (SSSR count). The fraction of sp³-hybridized carbons (Fsp3) is 0.231. The van der Waals surface area contributed by atoms with Crippen molar-refractivity contribution in [2.45, 2.75) is 20.4 Å². The first-order chi connectivity index (χ1) is 9.54. The summed E-state index contributed by atoms with van der Waals surface area (Å²) < 4.78 is 7.07. The van der Waals surface area contributed by atoms with Crippen molar-refractivity contribution in [2.24, 2.45) is 0 Å². The van der Waals surface area contributed by atoms with Crippen molar-refractivity contribution in [3.63, 3.8) is 0 Å². The third-order valence-electron chi connectivity index (χ3n) is 3.12. The van der Waals surface area contributed by atoms with Crippen LogP contribution in [0.4, 0.5) is 0 Å². The molecule has 0 radical (unpaired) electrons. The first-order valence-electron chi connectivity index (χ1n) is 6.04. The van der Waals surface area contributed by atoms with Crippen LogP contribution in [-0.4, -0.2) is 31.1 Å². The van der Waals surface area contributed by atoms with Crippen LogP contribution in [-0.2, 0) is 6.54 Å². The van der Waals surface area contributed by atoms with E-state index in [1.165, 1.54) is 6.07 Å². The maximum Gasteiger partial charge on any atom is 0.335 e. The minimum Gasteiger partial charge on any atom is -0.478 e. The molecule has 0 unspecified atom stereocenters. The van der Waals surface area contributed by atoms with Crippen LogP contribution in [0.5, 0.6) is 0 Å². The summed E-state index contributed by atoms with van der Waals surface area (Å²) in [7, 11) is 0. The third kappa shape index (κ3) is 2.03. The lowest BCUT2D eigenvalue weighted by Gasteiger charge is -1.99. The zero-order valence-electron chi connectivity index (χ0n) is 11.0. The molecule has 0 atom stereocenters. The number of aryl methyl sites for hydroxylation is 2. The number of nitrogens with zero attached hydrogens (tertiary/aromatic N) is 4. The summed E-state index contributed by atoms with van der Waals surface area (Å²) in [5.74, 6) is 0.297. The van der Waals surface area contributed by atoms with E-state index in [1.807, 2.05) is 13.8 Å². The summed E-state index contributed by atoms with van der Waals surface area (Å²) in [6.07, 6.45) is 0. The Labute approximate surface area is 113 Å². The van der Waals surface area contributed by atoms with Gasteiger partial charge in [-0.25, -0.2) is 14.5 Å². The number of aromatic nitrogens is 4. The predicted octanol–water partition coefficient (Wildman–Crippen LogP) is 1.78. The minimum absolute atomic E-state index is 0.195. The average molecular weight is 272 g/mol. The van der Waals surface area contributed by atoms with Gasteiger partial charge in [0.2, 0.25) is 5.89 Å². The van der Waals surface area contributed by atoms with Gasteiger partial charge in [-0.1, -0.05) is 5.21 Å². The number of rotatable bonds is 3. The molecule has 1 N–H and O–H groups in total. The van der Waals surface area contributed by atoms with Gasteiger partial charge in [0, 0.05) is 0 Å². The molecule has 7 nitrogen and oxygen atoms in total. The molecule has 0 aliphatic rings. The van der Waals surface area contributed by atoms with Crippen LogP contribution in [0.15, 0.2) is 22.6 Å². The average Bonchev–Trinajstić information content (AvgIpc) is 2.94. The SMILES string of the molecule is Cc1nc(Cn2nnc3ccc(C(=O)O)cc32)oc1C. The number of hydrogen-bond donors (Lipinski definition) is 1. The Balaban J connectivity index is 2.02. The maximum atomic E-state index is 11.0. The van der Waals surface area contributed by atoms with Crippen molar-refractivity contribution in [1.29, 1.82) is 0 Å². The van der Waals surface area contributed by atoms with E-state index in [0.29, 0.717) is 23.5 Å². The Kier molecular flexibility index (Phi) is 2.74. The Morgan fingerprint density at radius 3 is 2.85 bits per heavy atom. The van der Waals surface area contributed by atoms with Gasteiger partial charge in [0.25, 0.3) is 0 Å². The molecule has 0 spiro atoms. The number of carboxylic acid groups (broad SMARTS) is 1. The standard InChI is InChI=1S/C13H12N4O3/c1-7-8(2)20-12(14-7)6-17-11-5-9(13(18)19)3-4-10(11)15-16-17/h3-5H,6H2,1-2H3,(H,18,19). The van der Waals surface area contributed by atoms with E-state index in [9.17, 15) is 4.79 Å². The van der Waals surface area contributed by atoms with Crippen molar-refractivity contribution in [1.82, 2.24) is 20.0 Å². The van der Waals surface area contributed by atoms with E-state index in [1.54, 1.807) is 16.8 Å². The molecule has 0 saturated heterocycles. The fourth-order valence-corrected chi connectivity index (χ4v) is 1.95. The molecule has 3 aromatic rings.